The first-order valence-electron chi connectivity index (χ1n) is 19.7. The number of methoxy groups -OCH3 is 1. The van der Waals surface area contributed by atoms with Crippen molar-refractivity contribution in [2.24, 2.45) is 5.41 Å². The molecule has 0 amide bonds. The number of halogens is 2. The topological polar surface area (TPSA) is 131 Å². The molecule has 5 aliphatic rings. The molecule has 3 aromatic heterocycles. The van der Waals surface area contributed by atoms with Crippen molar-refractivity contribution < 1.29 is 28.4 Å². The fourth-order valence-electron chi connectivity index (χ4n) is 10.2. The normalized spacial score (nSPS) is 30.8. The summed E-state index contributed by atoms with van der Waals surface area (Å²) in [5.74, 6) is 0.124. The quantitative estimate of drug-likeness (QED) is 0.197. The standard InChI is InChI=1S/C40H51ClFN7O5/c1-22-15-25(16-23(2)54-22)49-12-6-11-40(10-5-7-29(40)49)21-53-38-45-35-32(36(46-38)48-13-14-52-20-39(3,50)19-48)37(51-4)44-34(33(35)42)31-26-18-43-47-28(26)17-27(41)30(31)24-8-9-24/h17-18,22-25,29,50H,5-16,19-21H2,1-4H3,(H,43,47)/t22-,23+,25?,29-,39+,40-/m1/s1. The Hall–Kier alpha value is -3.36. The summed E-state index contributed by atoms with van der Waals surface area (Å²) in [6.45, 7) is 8.74. The van der Waals surface area contributed by atoms with E-state index in [1.165, 1.54) is 7.11 Å². The average Bonchev–Trinajstić information content (AvgIpc) is 3.76. The molecule has 12 nitrogen and oxygen atoms in total. The summed E-state index contributed by atoms with van der Waals surface area (Å²) < 4.78 is 42.1. The number of piperidine rings is 1. The lowest BCUT2D eigenvalue weighted by molar-refractivity contribution is -0.0967. The van der Waals surface area contributed by atoms with Gasteiger partial charge in [0, 0.05) is 40.0 Å². The van der Waals surface area contributed by atoms with Crippen LogP contribution in [0.5, 0.6) is 11.9 Å². The van der Waals surface area contributed by atoms with Crippen LogP contribution in [0.25, 0.3) is 33.1 Å². The number of likely N-dealkylation sites (tertiary alicyclic amines) is 1. The maximum atomic E-state index is 17.5. The molecular formula is C40H51ClFN7O5. The van der Waals surface area contributed by atoms with Crippen LogP contribution < -0.4 is 14.4 Å². The maximum Gasteiger partial charge on any atom is 0.319 e. The van der Waals surface area contributed by atoms with Gasteiger partial charge in [-0.1, -0.05) is 18.0 Å². The molecule has 5 fully saturated rings. The fourth-order valence-corrected chi connectivity index (χ4v) is 10.6. The molecule has 4 aromatic rings. The third-order valence-electron chi connectivity index (χ3n) is 12.6. The van der Waals surface area contributed by atoms with Crippen LogP contribution in [0.15, 0.2) is 12.3 Å². The van der Waals surface area contributed by atoms with E-state index in [1.54, 1.807) is 13.1 Å². The number of nitrogens with one attached hydrogen (secondary N) is 1. The van der Waals surface area contributed by atoms with Crippen molar-refractivity contribution >= 4 is 39.2 Å². The molecule has 0 spiro atoms. The number of benzene rings is 1. The number of pyridine rings is 1. The van der Waals surface area contributed by atoms with E-state index >= 15 is 4.39 Å². The molecule has 290 valence electrons. The number of anilines is 1. The minimum Gasteiger partial charge on any atom is -0.480 e. The highest BCUT2D eigenvalue weighted by molar-refractivity contribution is 6.33. The van der Waals surface area contributed by atoms with Crippen molar-refractivity contribution in [3.05, 3.63) is 28.7 Å². The minimum atomic E-state index is -1.18. The number of aliphatic hydroxyl groups is 1. The van der Waals surface area contributed by atoms with Crippen LogP contribution in [0.1, 0.15) is 90.0 Å². The molecule has 3 aliphatic heterocycles. The zero-order valence-electron chi connectivity index (χ0n) is 31.7. The predicted octanol–water partition coefficient (Wildman–Crippen LogP) is 6.80. The predicted molar refractivity (Wildman–Crippen MR) is 204 cm³/mol. The monoisotopic (exact) mass is 763 g/mol. The van der Waals surface area contributed by atoms with Gasteiger partial charge < -0.3 is 29.0 Å². The van der Waals surface area contributed by atoms with Crippen molar-refractivity contribution in [1.82, 2.24) is 30.0 Å². The largest absolute Gasteiger partial charge is 0.480 e. The summed E-state index contributed by atoms with van der Waals surface area (Å²) in [5.41, 5.74) is 1.02. The van der Waals surface area contributed by atoms with Crippen LogP contribution in [0.3, 0.4) is 0 Å². The van der Waals surface area contributed by atoms with Gasteiger partial charge in [-0.25, -0.2) is 9.37 Å². The Labute approximate surface area is 320 Å². The van der Waals surface area contributed by atoms with Crippen molar-refractivity contribution in [3.63, 3.8) is 0 Å². The van der Waals surface area contributed by atoms with Crippen molar-refractivity contribution in [3.8, 4) is 23.1 Å². The number of hydrogen-bond donors (Lipinski definition) is 2. The number of β-amino-alcohol motifs (C(OH)–C–C–N with tert-alkyl or cyclic N) is 1. The first-order chi connectivity index (χ1) is 26.0. The van der Waals surface area contributed by atoms with Gasteiger partial charge in [0.05, 0.1) is 57.4 Å². The minimum absolute atomic E-state index is 0.0379. The van der Waals surface area contributed by atoms with Crippen LogP contribution >= 0.6 is 11.6 Å². The molecule has 6 heterocycles. The molecule has 3 saturated heterocycles. The summed E-state index contributed by atoms with van der Waals surface area (Å²) in [6, 6.07) is 2.81. The van der Waals surface area contributed by atoms with E-state index in [1.807, 2.05) is 11.0 Å². The number of hydrogen-bond acceptors (Lipinski definition) is 11. The van der Waals surface area contributed by atoms with Gasteiger partial charge in [-0.05, 0) is 96.2 Å². The highest BCUT2D eigenvalue weighted by Crippen LogP contribution is 2.52. The SMILES string of the molecule is COc1nc(-c2c(C3CC3)c(Cl)cc3[nH]ncc23)c(F)c2nc(OC[C@]34CCC[C@H]3N(C3C[C@@H](C)O[C@@H](C)C3)CCC4)nc(N3CCOC[C@@](C)(O)C3)c12. The second kappa shape index (κ2) is 14.0. The van der Waals surface area contributed by atoms with E-state index in [-0.39, 0.29) is 59.8 Å². The number of fused-ring (bicyclic) bond motifs is 3. The van der Waals surface area contributed by atoms with Crippen molar-refractivity contribution in [2.75, 3.05) is 51.5 Å². The lowest BCUT2D eigenvalue weighted by Crippen LogP contribution is -2.57. The molecule has 9 rings (SSSR count). The Balaban J connectivity index is 1.16. The molecular weight excluding hydrogens is 713 g/mol. The van der Waals surface area contributed by atoms with Gasteiger partial charge in [0.2, 0.25) is 5.88 Å². The summed E-state index contributed by atoms with van der Waals surface area (Å²) in [6.07, 6.45) is 11.6. The molecule has 2 saturated carbocycles. The third kappa shape index (κ3) is 6.47. The van der Waals surface area contributed by atoms with Crippen LogP contribution in [0.4, 0.5) is 10.2 Å². The van der Waals surface area contributed by atoms with Crippen molar-refractivity contribution in [1.29, 1.82) is 0 Å². The van der Waals surface area contributed by atoms with Crippen LogP contribution in [0, 0.1) is 11.2 Å². The van der Waals surface area contributed by atoms with E-state index in [9.17, 15) is 5.11 Å². The second-order valence-corrected chi connectivity index (χ2v) is 17.3. The first kappa shape index (κ1) is 36.3. The van der Waals surface area contributed by atoms with E-state index in [0.29, 0.717) is 59.1 Å². The summed E-state index contributed by atoms with van der Waals surface area (Å²) >= 11 is 6.89. The van der Waals surface area contributed by atoms with Gasteiger partial charge in [0.25, 0.3) is 0 Å². The molecule has 2 aliphatic carbocycles. The molecule has 54 heavy (non-hydrogen) atoms. The number of rotatable bonds is 8. The first-order valence-corrected chi connectivity index (χ1v) is 20.1. The molecule has 0 bridgehead atoms. The Bertz CT molecular complexity index is 2050. The number of ether oxygens (including phenoxy) is 4. The molecule has 1 unspecified atom stereocenters. The van der Waals surface area contributed by atoms with E-state index in [4.69, 9.17) is 45.5 Å². The number of aromatic amines is 1. The molecule has 6 atom stereocenters. The van der Waals surface area contributed by atoms with Gasteiger partial charge in [-0.3, -0.25) is 10.00 Å². The number of H-pyrrole nitrogens is 1. The second-order valence-electron chi connectivity index (χ2n) is 16.8. The molecule has 1 aromatic carbocycles. The summed E-state index contributed by atoms with van der Waals surface area (Å²) in [5, 5.41) is 20.1. The van der Waals surface area contributed by atoms with Gasteiger partial charge in [-0.2, -0.15) is 15.1 Å². The van der Waals surface area contributed by atoms with Gasteiger partial charge in [0.15, 0.2) is 5.82 Å². The molecule has 0 radical (unpaired) electrons. The Morgan fingerprint density at radius 3 is 2.67 bits per heavy atom. The smallest absolute Gasteiger partial charge is 0.319 e. The Morgan fingerprint density at radius 1 is 1.09 bits per heavy atom. The highest BCUT2D eigenvalue weighted by atomic mass is 35.5. The lowest BCUT2D eigenvalue weighted by atomic mass is 9.74. The lowest BCUT2D eigenvalue weighted by Gasteiger charge is -2.51. The number of aromatic nitrogens is 5. The summed E-state index contributed by atoms with van der Waals surface area (Å²) in [7, 11) is 1.51. The third-order valence-corrected chi connectivity index (χ3v) is 12.9. The van der Waals surface area contributed by atoms with E-state index in [0.717, 1.165) is 75.3 Å². The average molecular weight is 764 g/mol. The Kier molecular flexibility index (Phi) is 9.40. The van der Waals surface area contributed by atoms with Gasteiger partial charge in [0.1, 0.15) is 28.0 Å². The fraction of sp³-hybridized carbons (Fsp3) is 0.650. The van der Waals surface area contributed by atoms with Gasteiger partial charge >= 0.3 is 6.01 Å². The maximum absolute atomic E-state index is 17.5. The van der Waals surface area contributed by atoms with Crippen LogP contribution in [0.2, 0.25) is 5.02 Å². The summed E-state index contributed by atoms with van der Waals surface area (Å²) in [4.78, 5) is 19.4. The molecule has 2 N–H and O–H groups in total. The Morgan fingerprint density at radius 2 is 1.89 bits per heavy atom. The molecule has 14 heteroatoms. The van der Waals surface area contributed by atoms with E-state index < -0.39 is 11.4 Å². The van der Waals surface area contributed by atoms with Crippen molar-refractivity contribution in [2.45, 2.75) is 114 Å². The number of nitrogens with zero attached hydrogens (tertiary/aromatic N) is 6. The highest BCUT2D eigenvalue weighted by Gasteiger charge is 2.51. The van der Waals surface area contributed by atoms with Crippen LogP contribution in [-0.2, 0) is 9.47 Å². The van der Waals surface area contributed by atoms with E-state index in [2.05, 4.69) is 28.9 Å². The van der Waals surface area contributed by atoms with Gasteiger partial charge in [-0.15, -0.1) is 0 Å². The van der Waals surface area contributed by atoms with Crippen LogP contribution in [-0.4, -0.2) is 112 Å². The zero-order chi connectivity index (χ0) is 37.4. The zero-order valence-corrected chi connectivity index (χ0v) is 32.4.